The first-order valence-electron chi connectivity index (χ1n) is 10.7. The summed E-state index contributed by atoms with van der Waals surface area (Å²) < 4.78 is 26.1. The summed E-state index contributed by atoms with van der Waals surface area (Å²) in [6.07, 6.45) is 2.04. The highest BCUT2D eigenvalue weighted by Crippen LogP contribution is 2.28. The minimum absolute atomic E-state index is 0.00693. The number of hydrogen-bond donors (Lipinski definition) is 1. The van der Waals surface area contributed by atoms with Crippen LogP contribution in [-0.2, 0) is 26.2 Å². The molecule has 0 radical (unpaired) electrons. The van der Waals surface area contributed by atoms with Crippen molar-refractivity contribution in [3.05, 3.63) is 63.1 Å². The van der Waals surface area contributed by atoms with E-state index in [4.69, 9.17) is 34.8 Å². The number of nitrogens with zero attached hydrogens (tertiary/aromatic N) is 2. The molecule has 0 saturated heterocycles. The van der Waals surface area contributed by atoms with Crippen molar-refractivity contribution in [2.75, 3.05) is 23.7 Å². The summed E-state index contributed by atoms with van der Waals surface area (Å²) in [6, 6.07) is 10.4. The summed E-state index contributed by atoms with van der Waals surface area (Å²) in [6.45, 7) is 3.61. The lowest BCUT2D eigenvalue weighted by Crippen LogP contribution is -2.52. The molecule has 7 nitrogen and oxygen atoms in total. The zero-order valence-electron chi connectivity index (χ0n) is 19.2. The highest BCUT2D eigenvalue weighted by Gasteiger charge is 2.32. The average Bonchev–Trinajstić information content (AvgIpc) is 2.77. The highest BCUT2D eigenvalue weighted by molar-refractivity contribution is 7.92. The quantitative estimate of drug-likeness (QED) is 0.439. The van der Waals surface area contributed by atoms with Gasteiger partial charge < -0.3 is 10.2 Å². The van der Waals surface area contributed by atoms with Crippen LogP contribution < -0.4 is 9.62 Å². The Morgan fingerprint density at radius 1 is 1.03 bits per heavy atom. The number of halogens is 3. The number of benzene rings is 2. The van der Waals surface area contributed by atoms with Crippen molar-refractivity contribution in [2.45, 2.75) is 39.3 Å². The predicted octanol–water partition coefficient (Wildman–Crippen LogP) is 4.75. The van der Waals surface area contributed by atoms with E-state index >= 15 is 0 Å². The van der Waals surface area contributed by atoms with Crippen molar-refractivity contribution in [1.82, 2.24) is 10.2 Å². The van der Waals surface area contributed by atoms with Crippen molar-refractivity contribution >= 4 is 62.3 Å². The molecule has 0 aliphatic heterocycles. The Kier molecular flexibility index (Phi) is 10.5. The van der Waals surface area contributed by atoms with Gasteiger partial charge in [0.1, 0.15) is 12.6 Å². The van der Waals surface area contributed by atoms with Crippen molar-refractivity contribution in [2.24, 2.45) is 0 Å². The Labute approximate surface area is 216 Å². The topological polar surface area (TPSA) is 86.8 Å². The van der Waals surface area contributed by atoms with Crippen molar-refractivity contribution in [1.29, 1.82) is 0 Å². The van der Waals surface area contributed by atoms with Crippen LogP contribution in [0.15, 0.2) is 42.5 Å². The maximum atomic E-state index is 13.6. The van der Waals surface area contributed by atoms with Crippen molar-refractivity contribution < 1.29 is 18.0 Å². The molecule has 0 heterocycles. The van der Waals surface area contributed by atoms with Gasteiger partial charge in [-0.1, -0.05) is 66.8 Å². The molecule has 34 heavy (non-hydrogen) atoms. The van der Waals surface area contributed by atoms with Crippen LogP contribution in [-0.4, -0.2) is 50.5 Å². The third-order valence-corrected chi connectivity index (χ3v) is 7.12. The first kappa shape index (κ1) is 28.2. The molecule has 0 fully saturated rings. The number of carbonyl (C=O) groups excluding carboxylic acids is 2. The van der Waals surface area contributed by atoms with E-state index < -0.39 is 28.5 Å². The summed E-state index contributed by atoms with van der Waals surface area (Å²) >= 11 is 18.6. The van der Waals surface area contributed by atoms with Crippen LogP contribution in [0.25, 0.3) is 0 Å². The van der Waals surface area contributed by atoms with Gasteiger partial charge in [0.25, 0.3) is 0 Å². The normalized spacial score (nSPS) is 12.2. The lowest BCUT2D eigenvalue weighted by molar-refractivity contribution is -0.140. The standard InChI is InChI=1S/C23H28Cl3N3O4S/c1-4-12-27-23(31)20(5-2)28(14-16-10-11-17(24)13-19(16)26)22(30)15-29(34(3,32)33)21-9-7-6-8-18(21)25/h6-11,13,20H,4-5,12,14-15H2,1-3H3,(H,27,31)/t20-/m0/s1. The lowest BCUT2D eigenvalue weighted by atomic mass is 10.1. The molecule has 1 atom stereocenters. The van der Waals surface area contributed by atoms with E-state index in [1.165, 1.54) is 17.0 Å². The van der Waals surface area contributed by atoms with Crippen LogP contribution in [0.1, 0.15) is 32.3 Å². The fourth-order valence-electron chi connectivity index (χ4n) is 3.37. The molecule has 2 rings (SSSR count). The molecular weight excluding hydrogens is 521 g/mol. The van der Waals surface area contributed by atoms with Crippen LogP contribution in [0.5, 0.6) is 0 Å². The molecule has 2 amide bonds. The molecule has 0 saturated carbocycles. The number of nitrogens with one attached hydrogen (secondary N) is 1. The summed E-state index contributed by atoms with van der Waals surface area (Å²) in [7, 11) is -3.87. The summed E-state index contributed by atoms with van der Waals surface area (Å²) in [5, 5.41) is 3.76. The maximum absolute atomic E-state index is 13.6. The largest absolute Gasteiger partial charge is 0.354 e. The number of amides is 2. The van der Waals surface area contributed by atoms with Crippen molar-refractivity contribution in [3.8, 4) is 0 Å². The highest BCUT2D eigenvalue weighted by atomic mass is 35.5. The molecule has 1 N–H and O–H groups in total. The minimum atomic E-state index is -3.87. The predicted molar refractivity (Wildman–Crippen MR) is 138 cm³/mol. The van der Waals surface area contributed by atoms with Gasteiger partial charge in [0.15, 0.2) is 0 Å². The molecule has 0 spiro atoms. The minimum Gasteiger partial charge on any atom is -0.354 e. The van der Waals surface area contributed by atoms with Crippen LogP contribution in [0.3, 0.4) is 0 Å². The molecule has 186 valence electrons. The van der Waals surface area contributed by atoms with Crippen LogP contribution in [0, 0.1) is 0 Å². The van der Waals surface area contributed by atoms with Gasteiger partial charge in [0.05, 0.1) is 17.0 Å². The molecule has 0 unspecified atom stereocenters. The number of carbonyl (C=O) groups is 2. The second-order valence-electron chi connectivity index (χ2n) is 7.69. The monoisotopic (exact) mass is 547 g/mol. The van der Waals surface area contributed by atoms with Crippen LogP contribution in [0.4, 0.5) is 5.69 Å². The molecule has 2 aromatic carbocycles. The van der Waals surface area contributed by atoms with E-state index in [1.807, 2.05) is 6.92 Å². The van der Waals surface area contributed by atoms with Gasteiger partial charge in [0.2, 0.25) is 21.8 Å². The average molecular weight is 549 g/mol. The lowest BCUT2D eigenvalue weighted by Gasteiger charge is -2.33. The Morgan fingerprint density at radius 3 is 2.26 bits per heavy atom. The van der Waals surface area contributed by atoms with E-state index in [0.29, 0.717) is 28.6 Å². The van der Waals surface area contributed by atoms with E-state index in [1.54, 1.807) is 37.3 Å². The zero-order valence-corrected chi connectivity index (χ0v) is 22.3. The summed E-state index contributed by atoms with van der Waals surface area (Å²) in [5.41, 5.74) is 0.748. The second kappa shape index (κ2) is 12.6. The van der Waals surface area contributed by atoms with Crippen LogP contribution in [0.2, 0.25) is 15.1 Å². The fourth-order valence-corrected chi connectivity index (χ4v) is 4.99. The molecule has 11 heteroatoms. The number of rotatable bonds is 11. The SMILES string of the molecule is CCCNC(=O)[C@H](CC)N(Cc1ccc(Cl)cc1Cl)C(=O)CN(c1ccccc1Cl)S(C)(=O)=O. The Morgan fingerprint density at radius 2 is 1.71 bits per heavy atom. The molecule has 2 aromatic rings. The fraction of sp³-hybridized carbons (Fsp3) is 0.391. The van der Waals surface area contributed by atoms with E-state index in [2.05, 4.69) is 5.32 Å². The van der Waals surface area contributed by atoms with Gasteiger partial charge in [-0.05, 0) is 42.7 Å². The molecular formula is C23H28Cl3N3O4S. The van der Waals surface area contributed by atoms with E-state index in [0.717, 1.165) is 17.0 Å². The molecule has 0 aliphatic rings. The number of hydrogen-bond acceptors (Lipinski definition) is 4. The first-order chi connectivity index (χ1) is 16.0. The van der Waals surface area contributed by atoms with E-state index in [9.17, 15) is 18.0 Å². The zero-order chi connectivity index (χ0) is 25.5. The molecule has 0 aromatic heterocycles. The van der Waals surface area contributed by atoms with Crippen molar-refractivity contribution in [3.63, 3.8) is 0 Å². The Hall–Kier alpha value is -2.00. The van der Waals surface area contributed by atoms with Gasteiger partial charge in [-0.3, -0.25) is 13.9 Å². The van der Waals surface area contributed by atoms with Gasteiger partial charge in [-0.2, -0.15) is 0 Å². The molecule has 0 bridgehead atoms. The number of sulfonamides is 1. The smallest absolute Gasteiger partial charge is 0.244 e. The first-order valence-corrected chi connectivity index (χ1v) is 13.7. The Balaban J connectivity index is 2.47. The molecule has 0 aliphatic carbocycles. The second-order valence-corrected chi connectivity index (χ2v) is 10.9. The third kappa shape index (κ3) is 7.50. The van der Waals surface area contributed by atoms with E-state index in [-0.39, 0.29) is 23.2 Å². The van der Waals surface area contributed by atoms with Crippen LogP contribution >= 0.6 is 34.8 Å². The Bertz CT molecular complexity index is 1130. The van der Waals surface area contributed by atoms with Gasteiger partial charge >= 0.3 is 0 Å². The van der Waals surface area contributed by atoms with Gasteiger partial charge in [0, 0.05) is 23.1 Å². The number of anilines is 1. The summed E-state index contributed by atoms with van der Waals surface area (Å²) in [4.78, 5) is 27.8. The van der Waals surface area contributed by atoms with Gasteiger partial charge in [-0.15, -0.1) is 0 Å². The summed E-state index contributed by atoms with van der Waals surface area (Å²) in [5.74, 6) is -0.902. The maximum Gasteiger partial charge on any atom is 0.244 e. The van der Waals surface area contributed by atoms with Gasteiger partial charge in [-0.25, -0.2) is 8.42 Å². The third-order valence-electron chi connectivity index (χ3n) is 5.09. The number of para-hydroxylation sites is 1.